The zero-order chi connectivity index (χ0) is 25.5. The van der Waals surface area contributed by atoms with E-state index in [2.05, 4.69) is 40.9 Å². The molecule has 0 fully saturated rings. The van der Waals surface area contributed by atoms with Crippen LogP contribution in [0.4, 0.5) is 11.6 Å². The summed E-state index contributed by atoms with van der Waals surface area (Å²) in [4.78, 5) is 25.1. The van der Waals surface area contributed by atoms with Crippen LogP contribution in [0.5, 0.6) is 0 Å². The van der Waals surface area contributed by atoms with Crippen molar-refractivity contribution >= 4 is 18.0 Å². The number of imidazole rings is 2. The Balaban J connectivity index is 1.16. The summed E-state index contributed by atoms with van der Waals surface area (Å²) in [6, 6.07) is 15.8. The van der Waals surface area contributed by atoms with E-state index >= 15 is 0 Å². The van der Waals surface area contributed by atoms with Crippen LogP contribution in [0.25, 0.3) is 22.8 Å². The Hall–Kier alpha value is -5.59. The van der Waals surface area contributed by atoms with Crippen molar-refractivity contribution in [1.82, 2.24) is 49.1 Å². The van der Waals surface area contributed by atoms with Crippen molar-refractivity contribution in [3.8, 4) is 22.8 Å². The van der Waals surface area contributed by atoms with Gasteiger partial charge in [0.2, 0.25) is 0 Å². The van der Waals surface area contributed by atoms with Gasteiger partial charge >= 0.3 is 5.69 Å². The predicted octanol–water partition coefficient (Wildman–Crippen LogP) is 2.38. The highest BCUT2D eigenvalue weighted by Gasteiger charge is 2.23. The second kappa shape index (κ2) is 8.81. The van der Waals surface area contributed by atoms with Crippen molar-refractivity contribution in [1.29, 1.82) is 0 Å². The zero-order valence-corrected chi connectivity index (χ0v) is 19.9. The molecule has 0 spiro atoms. The molecule has 7 rings (SSSR count). The fourth-order valence-corrected chi connectivity index (χ4v) is 4.48. The van der Waals surface area contributed by atoms with Crippen molar-refractivity contribution in [3.63, 3.8) is 0 Å². The minimum absolute atomic E-state index is 0.234. The third kappa shape index (κ3) is 3.78. The van der Waals surface area contributed by atoms with Crippen LogP contribution in [0.3, 0.4) is 0 Å². The summed E-state index contributed by atoms with van der Waals surface area (Å²) in [5.41, 5.74) is 4.82. The minimum Gasteiger partial charge on any atom is -0.330 e. The molecule has 2 aromatic carbocycles. The number of fused-ring (bicyclic) bond motifs is 3. The zero-order valence-electron chi connectivity index (χ0n) is 19.9. The average Bonchev–Trinajstić information content (AvgIpc) is 3.75. The molecule has 1 aliphatic heterocycles. The summed E-state index contributed by atoms with van der Waals surface area (Å²) in [6.45, 7) is 0.938. The van der Waals surface area contributed by atoms with Crippen LogP contribution in [0.15, 0.2) is 89.4 Å². The lowest BCUT2D eigenvalue weighted by Crippen LogP contribution is -2.19. The quantitative estimate of drug-likeness (QED) is 0.355. The number of H-pyrrole nitrogens is 1. The second-order valence-corrected chi connectivity index (χ2v) is 8.72. The van der Waals surface area contributed by atoms with E-state index in [1.54, 1.807) is 51.4 Å². The number of aliphatic imine (C=N–C) groups is 1. The Morgan fingerprint density at radius 3 is 2.03 bits per heavy atom. The number of anilines is 1. The van der Waals surface area contributed by atoms with Gasteiger partial charge in [-0.1, -0.05) is 34.7 Å². The fraction of sp³-hybridized carbons (Fsp3) is 0.0800. The van der Waals surface area contributed by atoms with E-state index < -0.39 is 0 Å². The molecule has 0 atom stereocenters. The molecule has 1 aliphatic rings. The Morgan fingerprint density at radius 2 is 1.42 bits per heavy atom. The minimum atomic E-state index is -0.234. The van der Waals surface area contributed by atoms with Gasteiger partial charge in [-0.05, 0) is 35.4 Å². The number of nitrogens with one attached hydrogen (secondary N) is 2. The Morgan fingerprint density at radius 1 is 0.789 bits per heavy atom. The van der Waals surface area contributed by atoms with Crippen molar-refractivity contribution in [2.75, 3.05) is 5.32 Å². The van der Waals surface area contributed by atoms with Crippen LogP contribution in [-0.4, -0.2) is 55.4 Å². The van der Waals surface area contributed by atoms with Crippen LogP contribution < -0.4 is 11.0 Å². The van der Waals surface area contributed by atoms with Gasteiger partial charge in [0.25, 0.3) is 0 Å². The highest BCUT2D eigenvalue weighted by Crippen LogP contribution is 2.34. The lowest BCUT2D eigenvalue weighted by Gasteiger charge is -2.08. The van der Waals surface area contributed by atoms with Crippen molar-refractivity contribution in [2.45, 2.75) is 13.1 Å². The molecular weight excluding hydrogens is 484 g/mol. The molecule has 0 aliphatic carbocycles. The fourth-order valence-electron chi connectivity index (χ4n) is 4.48. The van der Waals surface area contributed by atoms with E-state index in [0.717, 1.165) is 22.5 Å². The van der Waals surface area contributed by atoms with E-state index in [9.17, 15) is 4.79 Å². The van der Waals surface area contributed by atoms with Gasteiger partial charge in [0.05, 0.1) is 61.9 Å². The molecule has 0 bridgehead atoms. The number of hydrogen-bond donors (Lipinski definition) is 2. The Labute approximate surface area is 214 Å². The molecule has 6 aromatic rings. The molecule has 5 heterocycles. The maximum atomic E-state index is 13.0. The van der Waals surface area contributed by atoms with Crippen LogP contribution in [0, 0.1) is 0 Å². The number of nitrogens with zero attached hydrogens (tertiary/aromatic N) is 10. The SMILES string of the molecule is O=c1[nH]c2c(n1Cc1ccc(-n3ccnn3)cc1)NC=Nc1c-2ncn1Cc1ccc(-n2ccnn2)cc1. The summed E-state index contributed by atoms with van der Waals surface area (Å²) in [7, 11) is 0. The number of aromatic amines is 1. The van der Waals surface area contributed by atoms with Crippen LogP contribution >= 0.6 is 0 Å². The smallest absolute Gasteiger partial charge is 0.327 e. The van der Waals surface area contributed by atoms with Crippen LogP contribution in [-0.2, 0) is 13.1 Å². The maximum Gasteiger partial charge on any atom is 0.327 e. The van der Waals surface area contributed by atoms with Gasteiger partial charge in [0.15, 0.2) is 5.82 Å². The van der Waals surface area contributed by atoms with E-state index in [1.807, 2.05) is 53.1 Å². The summed E-state index contributed by atoms with van der Waals surface area (Å²) in [5, 5.41) is 18.9. The van der Waals surface area contributed by atoms with Gasteiger partial charge in [-0.15, -0.1) is 10.2 Å². The number of benzene rings is 2. The summed E-state index contributed by atoms with van der Waals surface area (Å²) < 4.78 is 6.98. The lowest BCUT2D eigenvalue weighted by molar-refractivity contribution is 0.767. The molecule has 4 aromatic heterocycles. The highest BCUT2D eigenvalue weighted by atomic mass is 16.1. The molecule has 0 amide bonds. The third-order valence-electron chi connectivity index (χ3n) is 6.36. The molecular formula is C25H20N12O. The summed E-state index contributed by atoms with van der Waals surface area (Å²) in [5.74, 6) is 1.27. The van der Waals surface area contributed by atoms with E-state index in [-0.39, 0.29) is 5.69 Å². The van der Waals surface area contributed by atoms with Gasteiger partial charge in [0.1, 0.15) is 17.2 Å². The topological polar surface area (TPSA) is 141 Å². The molecule has 2 N–H and O–H groups in total. The van der Waals surface area contributed by atoms with E-state index in [0.29, 0.717) is 36.1 Å². The molecule has 13 heteroatoms. The maximum absolute atomic E-state index is 13.0. The summed E-state index contributed by atoms with van der Waals surface area (Å²) >= 11 is 0. The van der Waals surface area contributed by atoms with E-state index in [4.69, 9.17) is 0 Å². The predicted molar refractivity (Wildman–Crippen MR) is 139 cm³/mol. The molecule has 186 valence electrons. The Kier molecular flexibility index (Phi) is 5.03. The highest BCUT2D eigenvalue weighted by molar-refractivity contribution is 5.90. The van der Waals surface area contributed by atoms with Crippen LogP contribution in [0.1, 0.15) is 11.1 Å². The second-order valence-electron chi connectivity index (χ2n) is 8.72. The first-order valence-electron chi connectivity index (χ1n) is 11.8. The first-order valence-corrected chi connectivity index (χ1v) is 11.8. The van der Waals surface area contributed by atoms with Crippen molar-refractivity contribution < 1.29 is 0 Å². The van der Waals surface area contributed by atoms with Gasteiger partial charge in [-0.3, -0.25) is 4.57 Å². The first-order chi connectivity index (χ1) is 18.7. The van der Waals surface area contributed by atoms with Crippen LogP contribution in [0.2, 0.25) is 0 Å². The third-order valence-corrected chi connectivity index (χ3v) is 6.36. The number of hydrogen-bond acceptors (Lipinski definition) is 8. The number of rotatable bonds is 6. The van der Waals surface area contributed by atoms with Crippen molar-refractivity contribution in [3.05, 3.63) is 101 Å². The Bertz CT molecular complexity index is 1790. The van der Waals surface area contributed by atoms with Gasteiger partial charge in [-0.2, -0.15) is 0 Å². The molecule has 0 saturated carbocycles. The molecule has 38 heavy (non-hydrogen) atoms. The first kappa shape index (κ1) is 21.7. The average molecular weight is 505 g/mol. The molecule has 0 radical (unpaired) electrons. The van der Waals surface area contributed by atoms with Gasteiger partial charge in [0, 0.05) is 0 Å². The van der Waals surface area contributed by atoms with E-state index in [1.165, 1.54) is 0 Å². The van der Waals surface area contributed by atoms with Crippen molar-refractivity contribution in [2.24, 2.45) is 4.99 Å². The van der Waals surface area contributed by atoms with Gasteiger partial charge in [-0.25, -0.2) is 24.1 Å². The molecule has 0 saturated heterocycles. The standard InChI is InChI=1S/C25H20N12O/c38-25-31-22-21-23(34(16-28-21)13-17-1-5-19(6-2-17)36-11-9-29-32-36)26-15-27-24(22)35(25)14-18-3-7-20(8-4-18)37-12-10-30-33-37/h1-12,15-16H,13-14H2,(H,26,27)(H,31,38). The monoisotopic (exact) mass is 504 g/mol. The summed E-state index contributed by atoms with van der Waals surface area (Å²) in [6.07, 6.45) is 10.2. The molecule has 0 unspecified atom stereocenters. The number of aromatic nitrogens is 10. The molecule has 13 nitrogen and oxygen atoms in total. The largest absolute Gasteiger partial charge is 0.330 e. The normalized spacial score (nSPS) is 12.1. The van der Waals surface area contributed by atoms with Gasteiger partial charge < -0.3 is 14.9 Å². The lowest BCUT2D eigenvalue weighted by atomic mass is 10.2.